The minimum Gasteiger partial charge on any atom is -0.465 e. The molecule has 2 aliphatic rings. The second-order valence-corrected chi connectivity index (χ2v) is 7.47. The monoisotopic (exact) mass is 352 g/mol. The molecule has 0 N–H and O–H groups in total. The molecule has 2 aromatic rings. The third-order valence-corrected chi connectivity index (χ3v) is 5.57. The Balaban J connectivity index is 1.68. The molecule has 0 bridgehead atoms. The molecule has 0 spiro atoms. The molecule has 2 heterocycles. The van der Waals surface area contributed by atoms with Crippen molar-refractivity contribution < 1.29 is 14.3 Å². The normalized spacial score (nSPS) is 22.0. The molecule has 0 saturated carbocycles. The lowest BCUT2D eigenvalue weighted by atomic mass is 9.80. The fourth-order valence-electron chi connectivity index (χ4n) is 4.28. The summed E-state index contributed by atoms with van der Waals surface area (Å²) in [4.78, 5) is 25.8. The minimum absolute atomic E-state index is 0.0348. The smallest absolute Gasteiger partial charge is 0.314 e. The van der Waals surface area contributed by atoms with Crippen molar-refractivity contribution in [1.82, 2.24) is 9.47 Å². The predicted octanol–water partition coefficient (Wildman–Crippen LogP) is 2.57. The van der Waals surface area contributed by atoms with Gasteiger partial charge in [0.25, 0.3) is 0 Å². The van der Waals surface area contributed by atoms with E-state index < -0.39 is 0 Å². The van der Waals surface area contributed by atoms with Crippen molar-refractivity contribution in [3.05, 3.63) is 41.6 Å². The van der Waals surface area contributed by atoms with Crippen LogP contribution in [-0.4, -0.2) is 47.5 Å². The van der Waals surface area contributed by atoms with Crippen molar-refractivity contribution in [2.24, 2.45) is 13.0 Å². The van der Waals surface area contributed by atoms with Crippen LogP contribution >= 0.6 is 0 Å². The lowest BCUT2D eigenvalue weighted by molar-refractivity contribution is -0.148. The van der Waals surface area contributed by atoms with Gasteiger partial charge in [-0.25, -0.2) is 0 Å². The van der Waals surface area contributed by atoms with E-state index in [0.717, 1.165) is 6.42 Å². The van der Waals surface area contributed by atoms with Crippen molar-refractivity contribution in [3.8, 4) is 0 Å². The number of benzene rings is 1. The first-order valence-electron chi connectivity index (χ1n) is 9.11. The Morgan fingerprint density at radius 2 is 2.08 bits per heavy atom. The lowest BCUT2D eigenvalue weighted by Crippen LogP contribution is -2.44. The summed E-state index contributed by atoms with van der Waals surface area (Å²) in [5.41, 5.74) is 5.04. The zero-order chi connectivity index (χ0) is 18.4. The number of aromatic nitrogens is 1. The maximum Gasteiger partial charge on any atom is 0.314 e. The zero-order valence-electron chi connectivity index (χ0n) is 15.5. The molecule has 136 valence electrons. The van der Waals surface area contributed by atoms with Crippen LogP contribution in [0.3, 0.4) is 0 Å². The van der Waals surface area contributed by atoms with Crippen LogP contribution in [0.5, 0.6) is 0 Å². The highest BCUT2D eigenvalue weighted by atomic mass is 16.5. The van der Waals surface area contributed by atoms with Gasteiger partial charge in [0.05, 0.1) is 12.5 Å². The van der Waals surface area contributed by atoms with Crippen LogP contribution in [0.2, 0.25) is 0 Å². The molecule has 2 atom stereocenters. The summed E-state index contributed by atoms with van der Waals surface area (Å²) in [6.07, 6.45) is 5.55. The topological polar surface area (TPSA) is 51.5 Å². The average Bonchev–Trinajstić information content (AvgIpc) is 2.92. The Bertz CT molecular complexity index is 925. The number of ether oxygens (including phenoxy) is 1. The van der Waals surface area contributed by atoms with Gasteiger partial charge >= 0.3 is 5.97 Å². The molecule has 1 aromatic carbocycles. The fraction of sp³-hybridized carbons (Fsp3) is 0.429. The van der Waals surface area contributed by atoms with Gasteiger partial charge in [0, 0.05) is 43.2 Å². The molecule has 0 saturated heterocycles. The number of ketones is 1. The first-order chi connectivity index (χ1) is 12.5. The van der Waals surface area contributed by atoms with Crippen molar-refractivity contribution in [2.45, 2.75) is 25.8 Å². The zero-order valence-corrected chi connectivity index (χ0v) is 15.5. The number of hydrogen-bond acceptors (Lipinski definition) is 4. The molecule has 0 unspecified atom stereocenters. The number of fused-ring (bicyclic) bond motifs is 2. The molecule has 1 aliphatic heterocycles. The van der Waals surface area contributed by atoms with Gasteiger partial charge in [0.1, 0.15) is 5.78 Å². The standard InChI is InChI=1S/C21H24N2O3/c1-13(24)7-8-26-21(25)15-9-17-16-5-4-6-18-20(16)14(11-22(18)2)10-19(17)23(3)12-15/h4-6,9,11,15,19H,7-8,10,12H2,1-3H3/t15-,19-/m1/s1. The molecule has 0 radical (unpaired) electrons. The van der Waals surface area contributed by atoms with E-state index in [1.165, 1.54) is 34.5 Å². The van der Waals surface area contributed by atoms with Crippen LogP contribution in [0.15, 0.2) is 30.5 Å². The van der Waals surface area contributed by atoms with E-state index in [0.29, 0.717) is 6.54 Å². The van der Waals surface area contributed by atoms with Crippen molar-refractivity contribution in [2.75, 3.05) is 20.2 Å². The molecule has 1 aromatic heterocycles. The first-order valence-corrected chi connectivity index (χ1v) is 9.11. The number of carbonyl (C=O) groups excluding carboxylic acids is 2. The van der Waals surface area contributed by atoms with Crippen LogP contribution < -0.4 is 0 Å². The van der Waals surface area contributed by atoms with E-state index in [1.54, 1.807) is 0 Å². The van der Waals surface area contributed by atoms with Crippen LogP contribution in [0, 0.1) is 5.92 Å². The fourth-order valence-corrected chi connectivity index (χ4v) is 4.28. The van der Waals surface area contributed by atoms with Crippen LogP contribution in [-0.2, 0) is 27.8 Å². The van der Waals surface area contributed by atoms with Gasteiger partial charge in [-0.05, 0) is 43.2 Å². The summed E-state index contributed by atoms with van der Waals surface area (Å²) in [6.45, 7) is 2.32. The molecular formula is C21H24N2O3. The second kappa shape index (κ2) is 6.40. The Kier molecular flexibility index (Phi) is 4.19. The number of hydrogen-bond donors (Lipinski definition) is 0. The van der Waals surface area contributed by atoms with E-state index in [9.17, 15) is 9.59 Å². The Hall–Kier alpha value is -2.40. The van der Waals surface area contributed by atoms with E-state index in [-0.39, 0.29) is 36.7 Å². The molecular weight excluding hydrogens is 328 g/mol. The van der Waals surface area contributed by atoms with Gasteiger partial charge in [0.15, 0.2) is 0 Å². The number of Topliss-reactive ketones (excluding diaryl/α,β-unsaturated/α-hetero) is 1. The van der Waals surface area contributed by atoms with E-state index in [4.69, 9.17) is 4.74 Å². The number of esters is 1. The van der Waals surface area contributed by atoms with Gasteiger partial charge in [-0.2, -0.15) is 0 Å². The third kappa shape index (κ3) is 2.76. The highest BCUT2D eigenvalue weighted by Crippen LogP contribution is 2.41. The molecule has 26 heavy (non-hydrogen) atoms. The third-order valence-electron chi connectivity index (χ3n) is 5.57. The van der Waals surface area contributed by atoms with E-state index >= 15 is 0 Å². The molecule has 1 aliphatic carbocycles. The van der Waals surface area contributed by atoms with Crippen molar-refractivity contribution in [1.29, 1.82) is 0 Å². The van der Waals surface area contributed by atoms with Crippen molar-refractivity contribution >= 4 is 28.2 Å². The summed E-state index contributed by atoms with van der Waals surface area (Å²) >= 11 is 0. The van der Waals surface area contributed by atoms with Gasteiger partial charge < -0.3 is 9.30 Å². The first kappa shape index (κ1) is 17.0. The Morgan fingerprint density at radius 1 is 1.27 bits per heavy atom. The molecule has 4 rings (SSSR count). The maximum atomic E-state index is 12.5. The number of rotatable bonds is 4. The van der Waals surface area contributed by atoms with Gasteiger partial charge in [-0.3, -0.25) is 14.5 Å². The second-order valence-electron chi connectivity index (χ2n) is 7.47. The van der Waals surface area contributed by atoms with Crippen LogP contribution in [0.25, 0.3) is 16.5 Å². The summed E-state index contributed by atoms with van der Waals surface area (Å²) in [7, 11) is 4.15. The number of likely N-dealkylation sites (N-methyl/N-ethyl adjacent to an activating group) is 1. The largest absolute Gasteiger partial charge is 0.465 e. The summed E-state index contributed by atoms with van der Waals surface area (Å²) in [5, 5.41) is 1.30. The number of carbonyl (C=O) groups is 2. The predicted molar refractivity (Wildman–Crippen MR) is 101 cm³/mol. The molecule has 5 nitrogen and oxygen atoms in total. The summed E-state index contributed by atoms with van der Waals surface area (Å²) in [5.74, 6) is -0.499. The highest BCUT2D eigenvalue weighted by molar-refractivity contribution is 5.99. The number of nitrogens with zero attached hydrogens (tertiary/aromatic N) is 2. The van der Waals surface area contributed by atoms with Crippen molar-refractivity contribution in [3.63, 3.8) is 0 Å². The van der Waals surface area contributed by atoms with Gasteiger partial charge in [-0.1, -0.05) is 18.2 Å². The SMILES string of the molecule is CC(=O)CCOC(=O)[C@@H]1C=C2c3cccc4c3c(cn4C)C[C@H]2N(C)C1. The highest BCUT2D eigenvalue weighted by Gasteiger charge is 2.36. The van der Waals surface area contributed by atoms with Crippen LogP contribution in [0.4, 0.5) is 0 Å². The van der Waals surface area contributed by atoms with Gasteiger partial charge in [0.2, 0.25) is 0 Å². The Morgan fingerprint density at radius 3 is 2.85 bits per heavy atom. The molecule has 5 heteroatoms. The Labute approximate surface area is 153 Å². The maximum absolute atomic E-state index is 12.5. The minimum atomic E-state index is -0.293. The van der Waals surface area contributed by atoms with E-state index in [2.05, 4.69) is 54.0 Å². The summed E-state index contributed by atoms with van der Waals surface area (Å²) < 4.78 is 7.51. The molecule has 0 fully saturated rings. The molecule has 0 amide bonds. The number of aryl methyl sites for hydroxylation is 1. The van der Waals surface area contributed by atoms with Crippen LogP contribution in [0.1, 0.15) is 24.5 Å². The lowest BCUT2D eigenvalue weighted by Gasteiger charge is -2.39. The van der Waals surface area contributed by atoms with E-state index in [1.807, 2.05) is 0 Å². The summed E-state index contributed by atoms with van der Waals surface area (Å²) in [6, 6.07) is 6.67. The average molecular weight is 352 g/mol. The van der Waals surface area contributed by atoms with Gasteiger partial charge in [-0.15, -0.1) is 0 Å². The quantitative estimate of drug-likeness (QED) is 0.794.